The van der Waals surface area contributed by atoms with Crippen molar-refractivity contribution in [3.8, 4) is 0 Å². The zero-order valence-electron chi connectivity index (χ0n) is 10.2. The van der Waals surface area contributed by atoms with Crippen molar-refractivity contribution in [2.24, 2.45) is 5.92 Å². The molecule has 1 amide bonds. The molecule has 0 atom stereocenters. The molecule has 1 aliphatic heterocycles. The van der Waals surface area contributed by atoms with Crippen LogP contribution in [0.4, 0.5) is 0 Å². The third-order valence-corrected chi connectivity index (χ3v) is 3.34. The zero-order chi connectivity index (χ0) is 11.8. The Balaban J connectivity index is 2.10. The summed E-state index contributed by atoms with van der Waals surface area (Å²) in [5, 5.41) is 11.4. The number of piperidine rings is 1. The number of nitrogens with one attached hydrogen (secondary N) is 1. The highest BCUT2D eigenvalue weighted by molar-refractivity contribution is 5.78. The molecule has 1 rings (SSSR count). The van der Waals surface area contributed by atoms with Crippen LogP contribution >= 0.6 is 0 Å². The molecule has 1 heterocycles. The molecule has 1 aliphatic rings. The van der Waals surface area contributed by atoms with E-state index < -0.39 is 0 Å². The number of amides is 1. The second-order valence-electron chi connectivity index (χ2n) is 4.51. The minimum absolute atomic E-state index is 0.194. The number of likely N-dealkylation sites (tertiary alicyclic amines) is 1. The summed E-state index contributed by atoms with van der Waals surface area (Å²) in [6, 6.07) is 0. The minimum atomic E-state index is 0.194. The van der Waals surface area contributed by atoms with E-state index in [1.165, 1.54) is 0 Å². The molecule has 0 radical (unpaired) electrons. The Morgan fingerprint density at radius 3 is 2.56 bits per heavy atom. The summed E-state index contributed by atoms with van der Waals surface area (Å²) in [6.45, 7) is 3.49. The van der Waals surface area contributed by atoms with Gasteiger partial charge in [-0.2, -0.15) is 0 Å². The molecule has 1 fully saturated rings. The Morgan fingerprint density at radius 1 is 1.31 bits per heavy atom. The molecule has 4 nitrogen and oxygen atoms in total. The maximum absolute atomic E-state index is 11.4. The van der Waals surface area contributed by atoms with E-state index in [9.17, 15) is 4.79 Å². The van der Waals surface area contributed by atoms with Crippen molar-refractivity contribution >= 4 is 5.91 Å². The molecule has 0 bridgehead atoms. The lowest BCUT2D eigenvalue weighted by molar-refractivity contribution is -0.125. The lowest BCUT2D eigenvalue weighted by Gasteiger charge is -2.30. The van der Waals surface area contributed by atoms with Gasteiger partial charge in [-0.25, -0.2) is 0 Å². The van der Waals surface area contributed by atoms with Crippen molar-refractivity contribution in [2.45, 2.75) is 32.1 Å². The van der Waals surface area contributed by atoms with Crippen LogP contribution in [0.15, 0.2) is 0 Å². The van der Waals surface area contributed by atoms with E-state index in [0.717, 1.165) is 51.7 Å². The molecule has 0 spiro atoms. The first-order valence-corrected chi connectivity index (χ1v) is 6.32. The molecular weight excluding hydrogens is 204 g/mol. The largest absolute Gasteiger partial charge is 0.396 e. The zero-order valence-corrected chi connectivity index (χ0v) is 10.2. The van der Waals surface area contributed by atoms with Crippen LogP contribution in [0.1, 0.15) is 32.1 Å². The smallest absolute Gasteiger partial charge is 0.222 e. The van der Waals surface area contributed by atoms with E-state index in [0.29, 0.717) is 6.61 Å². The van der Waals surface area contributed by atoms with Gasteiger partial charge in [-0.3, -0.25) is 4.79 Å². The highest BCUT2D eigenvalue weighted by Gasteiger charge is 2.23. The molecule has 1 saturated heterocycles. The molecule has 0 aromatic heterocycles. The van der Waals surface area contributed by atoms with Crippen LogP contribution in [0, 0.1) is 5.92 Å². The molecule has 0 aliphatic carbocycles. The fourth-order valence-electron chi connectivity index (χ4n) is 2.25. The lowest BCUT2D eigenvalue weighted by Crippen LogP contribution is -2.39. The number of hydrogen-bond donors (Lipinski definition) is 2. The summed E-state index contributed by atoms with van der Waals surface area (Å²) in [5.74, 6) is 0.415. The van der Waals surface area contributed by atoms with E-state index in [1.807, 2.05) is 0 Å². The highest BCUT2D eigenvalue weighted by Crippen LogP contribution is 2.17. The summed E-state index contributed by atoms with van der Waals surface area (Å²) in [6.07, 6.45) is 5.14. The van der Waals surface area contributed by atoms with Crippen LogP contribution in [-0.2, 0) is 4.79 Å². The first-order chi connectivity index (χ1) is 7.77. The number of unbranched alkanes of at least 4 members (excludes halogenated alkanes) is 2. The van der Waals surface area contributed by atoms with Gasteiger partial charge in [-0.15, -0.1) is 0 Å². The molecule has 0 aromatic carbocycles. The molecule has 2 N–H and O–H groups in total. The molecule has 4 heteroatoms. The number of carbonyl (C=O) groups excluding carboxylic acids is 1. The number of nitrogens with zero attached hydrogens (tertiary/aromatic N) is 1. The van der Waals surface area contributed by atoms with Gasteiger partial charge in [-0.05, 0) is 51.7 Å². The van der Waals surface area contributed by atoms with E-state index in [1.54, 1.807) is 7.05 Å². The summed E-state index contributed by atoms with van der Waals surface area (Å²) in [4.78, 5) is 13.8. The van der Waals surface area contributed by atoms with Gasteiger partial charge in [-0.1, -0.05) is 0 Å². The van der Waals surface area contributed by atoms with Gasteiger partial charge in [0, 0.05) is 19.6 Å². The Hall–Kier alpha value is -0.610. The predicted octanol–water partition coefficient (Wildman–Crippen LogP) is 0.607. The number of aliphatic hydroxyl groups excluding tert-OH is 1. The summed E-state index contributed by atoms with van der Waals surface area (Å²) in [7, 11) is 1.71. The lowest BCUT2D eigenvalue weighted by atomic mass is 9.96. The molecule has 94 valence electrons. The van der Waals surface area contributed by atoms with E-state index in [-0.39, 0.29) is 11.8 Å². The second kappa shape index (κ2) is 7.63. The number of rotatable bonds is 6. The van der Waals surface area contributed by atoms with Crippen LogP contribution in [0.3, 0.4) is 0 Å². The summed E-state index contributed by atoms with van der Waals surface area (Å²) < 4.78 is 0. The van der Waals surface area contributed by atoms with Crippen LogP contribution in [0.5, 0.6) is 0 Å². The van der Waals surface area contributed by atoms with Crippen LogP contribution in [-0.4, -0.2) is 49.2 Å². The monoisotopic (exact) mass is 228 g/mol. The summed E-state index contributed by atoms with van der Waals surface area (Å²) in [5.41, 5.74) is 0. The van der Waals surface area contributed by atoms with Crippen molar-refractivity contribution in [1.82, 2.24) is 10.2 Å². The number of aliphatic hydroxyl groups is 1. The number of carbonyl (C=O) groups is 1. The normalized spacial score (nSPS) is 18.6. The first kappa shape index (κ1) is 13.5. The average Bonchev–Trinajstić information content (AvgIpc) is 2.34. The number of hydrogen-bond acceptors (Lipinski definition) is 3. The van der Waals surface area contributed by atoms with E-state index >= 15 is 0 Å². The van der Waals surface area contributed by atoms with Crippen LogP contribution in [0.2, 0.25) is 0 Å². The van der Waals surface area contributed by atoms with Gasteiger partial charge < -0.3 is 15.3 Å². The molecule has 0 saturated carbocycles. The van der Waals surface area contributed by atoms with Crippen molar-refractivity contribution in [3.63, 3.8) is 0 Å². The van der Waals surface area contributed by atoms with E-state index in [4.69, 9.17) is 5.11 Å². The van der Waals surface area contributed by atoms with Crippen LogP contribution in [0.25, 0.3) is 0 Å². The Bertz CT molecular complexity index is 201. The molecule has 0 aromatic rings. The van der Waals surface area contributed by atoms with Gasteiger partial charge in [0.05, 0.1) is 0 Å². The SMILES string of the molecule is CNC(=O)C1CCN(CCCCCO)CC1. The van der Waals surface area contributed by atoms with Gasteiger partial charge in [0.2, 0.25) is 5.91 Å². The topological polar surface area (TPSA) is 52.6 Å². The van der Waals surface area contributed by atoms with Crippen molar-refractivity contribution in [2.75, 3.05) is 33.3 Å². The Kier molecular flexibility index (Phi) is 6.42. The summed E-state index contributed by atoms with van der Waals surface area (Å²) >= 11 is 0. The van der Waals surface area contributed by atoms with Gasteiger partial charge in [0.15, 0.2) is 0 Å². The predicted molar refractivity (Wildman–Crippen MR) is 64.2 cm³/mol. The highest BCUT2D eigenvalue weighted by atomic mass is 16.2. The third-order valence-electron chi connectivity index (χ3n) is 3.34. The minimum Gasteiger partial charge on any atom is -0.396 e. The Labute approximate surface area is 98.0 Å². The standard InChI is InChI=1S/C12H24N2O2/c1-13-12(16)11-5-8-14(9-6-11)7-3-2-4-10-15/h11,15H,2-10H2,1H3,(H,13,16). The second-order valence-corrected chi connectivity index (χ2v) is 4.51. The van der Waals surface area contributed by atoms with Crippen molar-refractivity contribution in [1.29, 1.82) is 0 Å². The molecular formula is C12H24N2O2. The van der Waals surface area contributed by atoms with Crippen LogP contribution < -0.4 is 5.32 Å². The first-order valence-electron chi connectivity index (χ1n) is 6.32. The fourth-order valence-corrected chi connectivity index (χ4v) is 2.25. The van der Waals surface area contributed by atoms with Crippen molar-refractivity contribution < 1.29 is 9.90 Å². The maximum atomic E-state index is 11.4. The average molecular weight is 228 g/mol. The van der Waals surface area contributed by atoms with E-state index in [2.05, 4.69) is 10.2 Å². The third kappa shape index (κ3) is 4.49. The van der Waals surface area contributed by atoms with Gasteiger partial charge in [0.25, 0.3) is 0 Å². The van der Waals surface area contributed by atoms with Gasteiger partial charge >= 0.3 is 0 Å². The fraction of sp³-hybridized carbons (Fsp3) is 0.917. The quantitative estimate of drug-likeness (QED) is 0.655. The molecule has 0 unspecified atom stereocenters. The Morgan fingerprint density at radius 2 is 2.00 bits per heavy atom. The van der Waals surface area contributed by atoms with Gasteiger partial charge in [0.1, 0.15) is 0 Å². The van der Waals surface area contributed by atoms with Crippen molar-refractivity contribution in [3.05, 3.63) is 0 Å². The molecule has 16 heavy (non-hydrogen) atoms. The maximum Gasteiger partial charge on any atom is 0.222 e.